The Balaban J connectivity index is 1.96. The third kappa shape index (κ3) is 4.37. The standard InChI is InChI=1S/C15H13BrCl2N2O/c1-9-7-10(5-6-11(9)16)20-14(21)8-19-13-4-2-3-12(17)15(13)18/h2-7,19H,8H2,1H3,(H,20,21). The average Bonchev–Trinajstić information content (AvgIpc) is 2.44. The van der Waals surface area contributed by atoms with Crippen LogP contribution in [0.25, 0.3) is 0 Å². The van der Waals surface area contributed by atoms with Crippen molar-refractivity contribution in [3.05, 3.63) is 56.5 Å². The molecule has 0 aliphatic rings. The van der Waals surface area contributed by atoms with Gasteiger partial charge in [0.1, 0.15) is 0 Å². The summed E-state index contributed by atoms with van der Waals surface area (Å²) in [6, 6.07) is 10.9. The molecule has 3 nitrogen and oxygen atoms in total. The van der Waals surface area contributed by atoms with Crippen LogP contribution in [0.4, 0.5) is 11.4 Å². The van der Waals surface area contributed by atoms with Crippen molar-refractivity contribution in [1.82, 2.24) is 0 Å². The van der Waals surface area contributed by atoms with E-state index in [-0.39, 0.29) is 12.5 Å². The summed E-state index contributed by atoms with van der Waals surface area (Å²) in [5.74, 6) is -0.159. The summed E-state index contributed by atoms with van der Waals surface area (Å²) in [5.41, 5.74) is 2.43. The Bertz CT molecular complexity index is 677. The number of anilines is 2. The van der Waals surface area contributed by atoms with Crippen LogP contribution in [0.15, 0.2) is 40.9 Å². The molecule has 0 bridgehead atoms. The van der Waals surface area contributed by atoms with Crippen molar-refractivity contribution in [3.63, 3.8) is 0 Å². The van der Waals surface area contributed by atoms with Crippen molar-refractivity contribution in [1.29, 1.82) is 0 Å². The summed E-state index contributed by atoms with van der Waals surface area (Å²) in [4.78, 5) is 11.9. The van der Waals surface area contributed by atoms with Crippen molar-refractivity contribution in [3.8, 4) is 0 Å². The zero-order valence-corrected chi connectivity index (χ0v) is 14.3. The zero-order valence-electron chi connectivity index (χ0n) is 11.2. The van der Waals surface area contributed by atoms with Crippen LogP contribution in [0.3, 0.4) is 0 Å². The van der Waals surface area contributed by atoms with E-state index in [0.29, 0.717) is 15.7 Å². The molecular weight excluding hydrogens is 375 g/mol. The number of carbonyl (C=O) groups is 1. The Kier molecular flexibility index (Phi) is 5.51. The highest BCUT2D eigenvalue weighted by molar-refractivity contribution is 9.10. The lowest BCUT2D eigenvalue weighted by Crippen LogP contribution is -2.21. The van der Waals surface area contributed by atoms with Gasteiger partial charge >= 0.3 is 0 Å². The smallest absolute Gasteiger partial charge is 0.243 e. The maximum absolute atomic E-state index is 11.9. The first-order chi connectivity index (χ1) is 9.97. The number of carbonyl (C=O) groups excluding carboxylic acids is 1. The van der Waals surface area contributed by atoms with Gasteiger partial charge in [0, 0.05) is 10.2 Å². The number of rotatable bonds is 4. The minimum atomic E-state index is -0.159. The van der Waals surface area contributed by atoms with Gasteiger partial charge < -0.3 is 10.6 Å². The quantitative estimate of drug-likeness (QED) is 0.764. The van der Waals surface area contributed by atoms with E-state index in [1.165, 1.54) is 0 Å². The second-order valence-electron chi connectivity index (χ2n) is 4.47. The van der Waals surface area contributed by atoms with Crippen LogP contribution in [-0.2, 0) is 4.79 Å². The topological polar surface area (TPSA) is 41.1 Å². The van der Waals surface area contributed by atoms with E-state index in [1.54, 1.807) is 18.2 Å². The Morgan fingerprint density at radius 2 is 2.00 bits per heavy atom. The van der Waals surface area contributed by atoms with Gasteiger partial charge in [-0.1, -0.05) is 45.2 Å². The highest BCUT2D eigenvalue weighted by Crippen LogP contribution is 2.29. The summed E-state index contributed by atoms with van der Waals surface area (Å²) in [6.07, 6.45) is 0. The van der Waals surface area contributed by atoms with Crippen LogP contribution in [0.5, 0.6) is 0 Å². The number of amides is 1. The predicted octanol–water partition coefficient (Wildman–Crippen LogP) is 5.11. The molecule has 0 aliphatic carbocycles. The number of nitrogens with one attached hydrogen (secondary N) is 2. The van der Waals surface area contributed by atoms with E-state index < -0.39 is 0 Å². The molecule has 0 saturated heterocycles. The summed E-state index contributed by atoms with van der Waals surface area (Å²) >= 11 is 15.4. The number of hydrogen-bond acceptors (Lipinski definition) is 2. The molecule has 6 heteroatoms. The molecule has 0 aliphatic heterocycles. The van der Waals surface area contributed by atoms with E-state index in [2.05, 4.69) is 26.6 Å². The SMILES string of the molecule is Cc1cc(NC(=O)CNc2cccc(Cl)c2Cl)ccc1Br. The molecular formula is C15H13BrCl2N2O. The fourth-order valence-corrected chi connectivity index (χ4v) is 2.36. The number of hydrogen-bond donors (Lipinski definition) is 2. The van der Waals surface area contributed by atoms with Gasteiger partial charge in [-0.15, -0.1) is 0 Å². The molecule has 0 atom stereocenters. The summed E-state index contributed by atoms with van der Waals surface area (Å²) in [7, 11) is 0. The molecule has 2 aromatic carbocycles. The Hall–Kier alpha value is -1.23. The van der Waals surface area contributed by atoms with E-state index in [9.17, 15) is 4.79 Å². The van der Waals surface area contributed by atoms with Crippen molar-refractivity contribution in [2.75, 3.05) is 17.2 Å². The maximum Gasteiger partial charge on any atom is 0.243 e. The summed E-state index contributed by atoms with van der Waals surface area (Å²) in [6.45, 7) is 2.07. The summed E-state index contributed by atoms with van der Waals surface area (Å²) in [5, 5.41) is 6.64. The molecule has 0 saturated carbocycles. The largest absolute Gasteiger partial charge is 0.375 e. The maximum atomic E-state index is 11.9. The third-order valence-corrected chi connectivity index (χ3v) is 4.54. The van der Waals surface area contributed by atoms with Gasteiger partial charge in [-0.3, -0.25) is 4.79 Å². The van der Waals surface area contributed by atoms with E-state index in [4.69, 9.17) is 23.2 Å². The molecule has 110 valence electrons. The van der Waals surface area contributed by atoms with E-state index in [0.717, 1.165) is 15.7 Å². The van der Waals surface area contributed by atoms with Gasteiger partial charge in [-0.25, -0.2) is 0 Å². The molecule has 0 heterocycles. The normalized spacial score (nSPS) is 10.3. The molecule has 2 N–H and O–H groups in total. The molecule has 0 radical (unpaired) electrons. The van der Waals surface area contributed by atoms with Crippen LogP contribution in [0.2, 0.25) is 10.0 Å². The van der Waals surface area contributed by atoms with Gasteiger partial charge in [0.25, 0.3) is 0 Å². The fraction of sp³-hybridized carbons (Fsp3) is 0.133. The molecule has 21 heavy (non-hydrogen) atoms. The van der Waals surface area contributed by atoms with E-state index in [1.807, 2.05) is 25.1 Å². The summed E-state index contributed by atoms with van der Waals surface area (Å²) < 4.78 is 1.00. The Morgan fingerprint density at radius 1 is 1.24 bits per heavy atom. The highest BCUT2D eigenvalue weighted by atomic mass is 79.9. The number of aryl methyl sites for hydroxylation is 1. The molecule has 2 aromatic rings. The molecule has 2 rings (SSSR count). The Morgan fingerprint density at radius 3 is 2.71 bits per heavy atom. The van der Waals surface area contributed by atoms with Gasteiger partial charge in [-0.05, 0) is 42.8 Å². The van der Waals surface area contributed by atoms with Crippen molar-refractivity contribution in [2.24, 2.45) is 0 Å². The molecule has 1 amide bonds. The lowest BCUT2D eigenvalue weighted by molar-refractivity contribution is -0.114. The lowest BCUT2D eigenvalue weighted by atomic mass is 10.2. The predicted molar refractivity (Wildman–Crippen MR) is 92.5 cm³/mol. The third-order valence-electron chi connectivity index (χ3n) is 2.83. The van der Waals surface area contributed by atoms with Crippen LogP contribution < -0.4 is 10.6 Å². The minimum absolute atomic E-state index is 0.106. The average molecular weight is 388 g/mol. The molecule has 0 aromatic heterocycles. The van der Waals surface area contributed by atoms with Crippen molar-refractivity contribution < 1.29 is 4.79 Å². The monoisotopic (exact) mass is 386 g/mol. The fourth-order valence-electron chi connectivity index (χ4n) is 1.74. The molecule has 0 fully saturated rings. The van der Waals surface area contributed by atoms with Gasteiger partial charge in [0.2, 0.25) is 5.91 Å². The molecule has 0 unspecified atom stereocenters. The second-order valence-corrected chi connectivity index (χ2v) is 6.11. The van der Waals surface area contributed by atoms with Crippen LogP contribution in [0, 0.1) is 6.92 Å². The number of halogens is 3. The first kappa shape index (κ1) is 16.1. The second kappa shape index (κ2) is 7.16. The highest BCUT2D eigenvalue weighted by Gasteiger charge is 2.07. The lowest BCUT2D eigenvalue weighted by Gasteiger charge is -2.10. The van der Waals surface area contributed by atoms with Gasteiger partial charge in [0.15, 0.2) is 0 Å². The molecule has 0 spiro atoms. The van der Waals surface area contributed by atoms with Crippen molar-refractivity contribution in [2.45, 2.75) is 6.92 Å². The zero-order chi connectivity index (χ0) is 15.4. The van der Waals surface area contributed by atoms with Gasteiger partial charge in [0.05, 0.1) is 22.3 Å². The van der Waals surface area contributed by atoms with Crippen LogP contribution in [0.1, 0.15) is 5.56 Å². The van der Waals surface area contributed by atoms with Crippen molar-refractivity contribution >= 4 is 56.4 Å². The number of benzene rings is 2. The van der Waals surface area contributed by atoms with Crippen LogP contribution in [-0.4, -0.2) is 12.5 Å². The Labute approximate surface area is 141 Å². The minimum Gasteiger partial charge on any atom is -0.375 e. The van der Waals surface area contributed by atoms with E-state index >= 15 is 0 Å². The van der Waals surface area contributed by atoms with Crippen LogP contribution >= 0.6 is 39.1 Å². The first-order valence-corrected chi connectivity index (χ1v) is 7.76. The van der Waals surface area contributed by atoms with Gasteiger partial charge in [-0.2, -0.15) is 0 Å². The first-order valence-electron chi connectivity index (χ1n) is 6.21.